The van der Waals surface area contributed by atoms with E-state index in [2.05, 4.69) is 15.5 Å². The third kappa shape index (κ3) is 3.68. The van der Waals surface area contributed by atoms with Crippen molar-refractivity contribution in [2.45, 2.75) is 18.9 Å². The average molecular weight is 323 g/mol. The summed E-state index contributed by atoms with van der Waals surface area (Å²) in [4.78, 5) is 12.1. The molecule has 116 valence electrons. The van der Waals surface area contributed by atoms with Crippen molar-refractivity contribution >= 4 is 34.1 Å². The van der Waals surface area contributed by atoms with Gasteiger partial charge in [-0.15, -0.1) is 5.10 Å². The first-order chi connectivity index (χ1) is 11.1. The highest BCUT2D eigenvalue weighted by Gasteiger charge is 2.09. The van der Waals surface area contributed by atoms with E-state index in [0.29, 0.717) is 5.75 Å². The molecule has 0 saturated carbocycles. The van der Waals surface area contributed by atoms with Gasteiger partial charge >= 0.3 is 0 Å². The van der Waals surface area contributed by atoms with Gasteiger partial charge in [0.1, 0.15) is 5.03 Å². The van der Waals surface area contributed by atoms with Gasteiger partial charge in [0.05, 0.1) is 11.4 Å². The van der Waals surface area contributed by atoms with Crippen LogP contribution in [0, 0.1) is 13.8 Å². The van der Waals surface area contributed by atoms with Gasteiger partial charge in [0.2, 0.25) is 5.91 Å². The molecule has 0 atom stereocenters. The summed E-state index contributed by atoms with van der Waals surface area (Å²) in [5.74, 6) is 0.252. The van der Waals surface area contributed by atoms with Crippen LogP contribution in [0.4, 0.5) is 5.69 Å². The second-order valence-electron chi connectivity index (χ2n) is 5.34. The van der Waals surface area contributed by atoms with Crippen LogP contribution in [0.3, 0.4) is 0 Å². The third-order valence-corrected chi connectivity index (χ3v) is 4.46. The highest BCUT2D eigenvalue weighted by molar-refractivity contribution is 8.00. The molecule has 0 bridgehead atoms. The maximum Gasteiger partial charge on any atom is 0.234 e. The van der Waals surface area contributed by atoms with Gasteiger partial charge in [0, 0.05) is 16.5 Å². The Morgan fingerprint density at radius 2 is 1.83 bits per heavy atom. The molecule has 0 unspecified atom stereocenters. The van der Waals surface area contributed by atoms with Crippen LogP contribution in [0.1, 0.15) is 11.3 Å². The van der Waals surface area contributed by atoms with E-state index in [1.54, 1.807) is 0 Å². The molecule has 1 N–H and O–H groups in total. The van der Waals surface area contributed by atoms with E-state index in [4.69, 9.17) is 0 Å². The van der Waals surface area contributed by atoms with Crippen LogP contribution in [-0.4, -0.2) is 21.9 Å². The van der Waals surface area contributed by atoms with Gasteiger partial charge in [-0.2, -0.15) is 5.10 Å². The molecule has 0 aliphatic heterocycles. The first kappa shape index (κ1) is 15.5. The van der Waals surface area contributed by atoms with Gasteiger partial charge in [-0.05, 0) is 31.5 Å². The lowest BCUT2D eigenvalue weighted by atomic mass is 10.1. The molecule has 0 fully saturated rings. The van der Waals surface area contributed by atoms with E-state index in [9.17, 15) is 4.79 Å². The smallest absolute Gasteiger partial charge is 0.234 e. The number of aryl methyl sites for hydroxylation is 2. The number of benzene rings is 2. The Hall–Kier alpha value is -2.40. The average Bonchev–Trinajstić information content (AvgIpc) is 2.54. The minimum Gasteiger partial charge on any atom is -0.325 e. The fourth-order valence-electron chi connectivity index (χ4n) is 2.37. The first-order valence-corrected chi connectivity index (χ1v) is 8.33. The van der Waals surface area contributed by atoms with Crippen molar-refractivity contribution in [3.63, 3.8) is 0 Å². The SMILES string of the molecule is Cc1cccc(NC(=O)CSc2nnc(C)c3ccccc23)c1. The number of nitrogens with zero attached hydrogens (tertiary/aromatic N) is 2. The summed E-state index contributed by atoms with van der Waals surface area (Å²) in [6, 6.07) is 15.8. The van der Waals surface area contributed by atoms with Crippen LogP contribution in [0.15, 0.2) is 53.6 Å². The number of carbonyl (C=O) groups is 1. The van der Waals surface area contributed by atoms with E-state index >= 15 is 0 Å². The Morgan fingerprint density at radius 3 is 2.61 bits per heavy atom. The third-order valence-electron chi connectivity index (χ3n) is 3.48. The maximum absolute atomic E-state index is 12.1. The highest BCUT2D eigenvalue weighted by atomic mass is 32.2. The standard InChI is InChI=1S/C18H17N3OS/c1-12-6-5-7-14(10-12)19-17(22)11-23-18-16-9-4-3-8-15(16)13(2)20-21-18/h3-10H,11H2,1-2H3,(H,19,22). The maximum atomic E-state index is 12.1. The molecule has 1 aromatic heterocycles. The van der Waals surface area contributed by atoms with Gasteiger partial charge in [-0.25, -0.2) is 0 Å². The lowest BCUT2D eigenvalue weighted by Gasteiger charge is -2.08. The Labute approximate surface area is 139 Å². The molecule has 0 aliphatic rings. The summed E-state index contributed by atoms with van der Waals surface area (Å²) in [5, 5.41) is 14.2. The minimum absolute atomic E-state index is 0.0490. The quantitative estimate of drug-likeness (QED) is 0.738. The summed E-state index contributed by atoms with van der Waals surface area (Å²) in [5.41, 5.74) is 2.83. The van der Waals surface area contributed by atoms with Crippen LogP contribution < -0.4 is 5.32 Å². The van der Waals surface area contributed by atoms with Crippen molar-refractivity contribution in [1.29, 1.82) is 0 Å². The molecule has 3 aromatic rings. The Bertz CT molecular complexity index is 864. The Kier molecular flexibility index (Phi) is 4.57. The lowest BCUT2D eigenvalue weighted by Crippen LogP contribution is -2.14. The zero-order valence-electron chi connectivity index (χ0n) is 13.0. The molecule has 1 amide bonds. The summed E-state index contributed by atoms with van der Waals surface area (Å²) < 4.78 is 0. The number of carbonyl (C=O) groups excluding carboxylic acids is 1. The Morgan fingerprint density at radius 1 is 1.04 bits per heavy atom. The van der Waals surface area contributed by atoms with Gasteiger partial charge in [0.15, 0.2) is 0 Å². The van der Waals surface area contributed by atoms with Crippen molar-refractivity contribution < 1.29 is 4.79 Å². The monoisotopic (exact) mass is 323 g/mol. The number of thioether (sulfide) groups is 1. The van der Waals surface area contributed by atoms with Crippen molar-refractivity contribution in [3.05, 3.63) is 59.8 Å². The number of amides is 1. The number of hydrogen-bond donors (Lipinski definition) is 1. The number of rotatable bonds is 4. The van der Waals surface area contributed by atoms with Crippen molar-refractivity contribution in [1.82, 2.24) is 10.2 Å². The zero-order chi connectivity index (χ0) is 16.2. The second-order valence-corrected chi connectivity index (χ2v) is 6.31. The van der Waals surface area contributed by atoms with E-state index in [1.807, 2.05) is 62.4 Å². The summed E-state index contributed by atoms with van der Waals surface area (Å²) in [7, 11) is 0. The fraction of sp³-hybridized carbons (Fsp3) is 0.167. The molecular weight excluding hydrogens is 306 g/mol. The van der Waals surface area contributed by atoms with Crippen molar-refractivity contribution in [3.8, 4) is 0 Å². The number of hydrogen-bond acceptors (Lipinski definition) is 4. The van der Waals surface area contributed by atoms with Crippen LogP contribution in [-0.2, 0) is 4.79 Å². The van der Waals surface area contributed by atoms with E-state index in [0.717, 1.165) is 32.7 Å². The fourth-order valence-corrected chi connectivity index (χ4v) is 3.15. The number of fused-ring (bicyclic) bond motifs is 1. The molecule has 1 heterocycles. The second kappa shape index (κ2) is 6.79. The van der Waals surface area contributed by atoms with E-state index < -0.39 is 0 Å². The molecule has 3 rings (SSSR count). The summed E-state index contributed by atoms with van der Waals surface area (Å²) in [6.45, 7) is 3.94. The first-order valence-electron chi connectivity index (χ1n) is 7.35. The summed E-state index contributed by atoms with van der Waals surface area (Å²) in [6.07, 6.45) is 0. The Balaban J connectivity index is 1.71. The van der Waals surface area contributed by atoms with Gasteiger partial charge < -0.3 is 5.32 Å². The number of aromatic nitrogens is 2. The van der Waals surface area contributed by atoms with Crippen LogP contribution in [0.5, 0.6) is 0 Å². The number of nitrogens with one attached hydrogen (secondary N) is 1. The molecule has 2 aromatic carbocycles. The van der Waals surface area contributed by atoms with Crippen LogP contribution in [0.25, 0.3) is 10.8 Å². The molecule has 4 nitrogen and oxygen atoms in total. The highest BCUT2D eigenvalue weighted by Crippen LogP contribution is 2.26. The molecule has 5 heteroatoms. The molecule has 0 spiro atoms. The van der Waals surface area contributed by atoms with E-state index in [1.165, 1.54) is 11.8 Å². The van der Waals surface area contributed by atoms with Crippen molar-refractivity contribution in [2.24, 2.45) is 0 Å². The normalized spacial score (nSPS) is 10.7. The largest absolute Gasteiger partial charge is 0.325 e. The van der Waals surface area contributed by atoms with Crippen molar-refractivity contribution in [2.75, 3.05) is 11.1 Å². The molecule has 23 heavy (non-hydrogen) atoms. The topological polar surface area (TPSA) is 54.9 Å². The van der Waals surface area contributed by atoms with Gasteiger partial charge in [-0.1, -0.05) is 48.2 Å². The minimum atomic E-state index is -0.0490. The van der Waals surface area contributed by atoms with Crippen LogP contribution in [0.2, 0.25) is 0 Å². The summed E-state index contributed by atoms with van der Waals surface area (Å²) >= 11 is 1.40. The molecule has 0 radical (unpaired) electrons. The predicted molar refractivity (Wildman–Crippen MR) is 94.8 cm³/mol. The van der Waals surface area contributed by atoms with Gasteiger partial charge in [0.25, 0.3) is 0 Å². The predicted octanol–water partition coefficient (Wildman–Crippen LogP) is 3.98. The lowest BCUT2D eigenvalue weighted by molar-refractivity contribution is -0.113. The molecule has 0 saturated heterocycles. The molecular formula is C18H17N3OS. The van der Waals surface area contributed by atoms with Crippen LogP contribution >= 0.6 is 11.8 Å². The number of anilines is 1. The molecule has 0 aliphatic carbocycles. The van der Waals surface area contributed by atoms with E-state index in [-0.39, 0.29) is 5.91 Å². The van der Waals surface area contributed by atoms with Gasteiger partial charge in [-0.3, -0.25) is 4.79 Å². The zero-order valence-corrected chi connectivity index (χ0v) is 13.9.